The van der Waals surface area contributed by atoms with Crippen molar-refractivity contribution in [2.75, 3.05) is 40.1 Å². The summed E-state index contributed by atoms with van der Waals surface area (Å²) in [5.41, 5.74) is -0.300. The van der Waals surface area contributed by atoms with Crippen molar-refractivity contribution < 1.29 is 38.5 Å². The zero-order chi connectivity index (χ0) is 32.5. The Morgan fingerprint density at radius 2 is 1.68 bits per heavy atom. The van der Waals surface area contributed by atoms with Gasteiger partial charge in [0.25, 0.3) is 0 Å². The van der Waals surface area contributed by atoms with E-state index in [4.69, 9.17) is 23.8 Å². The van der Waals surface area contributed by atoms with Gasteiger partial charge in [-0.3, -0.25) is 14.5 Å². The fraction of sp³-hybridized carbons (Fsp3) is 0.517. The highest BCUT2D eigenvalue weighted by molar-refractivity contribution is 5.85. The number of carbonyl (C=O) groups excluding carboxylic acids is 1. The van der Waals surface area contributed by atoms with Crippen molar-refractivity contribution in [3.8, 4) is 17.2 Å². The molecule has 0 saturated carbocycles. The number of halogens is 1. The molecular weight excluding hydrogens is 508 g/mol. The van der Waals surface area contributed by atoms with E-state index in [0.717, 1.165) is 25.7 Å². The summed E-state index contributed by atoms with van der Waals surface area (Å²) in [4.78, 5) is 30.1. The zero-order valence-corrected chi connectivity index (χ0v) is 22.7. The molecule has 1 amide bonds. The number of rotatable bonds is 12. The zero-order valence-electron chi connectivity index (χ0n) is 28.9. The second-order valence-corrected chi connectivity index (χ2v) is 9.23. The van der Waals surface area contributed by atoms with Crippen LogP contribution < -0.4 is 14.2 Å². The minimum atomic E-state index is -1.50. The number of nitrogens with zero attached hydrogens (tertiary/aromatic N) is 2. The number of amides is 1. The highest BCUT2D eigenvalue weighted by atomic mass is 35.5. The lowest BCUT2D eigenvalue weighted by Gasteiger charge is -2.30. The molecule has 8 nitrogen and oxygen atoms in total. The number of fused-ring (bicyclic) bond motifs is 1. The predicted molar refractivity (Wildman–Crippen MR) is 147 cm³/mol. The molecule has 208 valence electrons. The van der Waals surface area contributed by atoms with Crippen molar-refractivity contribution in [2.45, 2.75) is 51.5 Å². The van der Waals surface area contributed by atoms with Crippen LogP contribution in [0, 0.1) is 5.92 Å². The molecule has 3 atom stereocenters. The van der Waals surface area contributed by atoms with Gasteiger partial charge in [-0.15, -0.1) is 12.4 Å². The van der Waals surface area contributed by atoms with Crippen molar-refractivity contribution in [1.29, 1.82) is 0 Å². The summed E-state index contributed by atoms with van der Waals surface area (Å²) in [5, 5.41) is 10.6. The second kappa shape index (κ2) is 13.7. The Kier molecular flexibility index (Phi) is 7.55. The minimum absolute atomic E-state index is 0. The smallest absolute Gasteiger partial charge is 0.309 e. The molecule has 0 aliphatic carbocycles. The van der Waals surface area contributed by atoms with Gasteiger partial charge in [-0.1, -0.05) is 44.8 Å². The fourth-order valence-corrected chi connectivity index (χ4v) is 4.85. The van der Waals surface area contributed by atoms with Gasteiger partial charge >= 0.3 is 5.97 Å². The van der Waals surface area contributed by atoms with Gasteiger partial charge in [-0.25, -0.2) is 0 Å². The highest BCUT2D eigenvalue weighted by Crippen LogP contribution is 2.47. The van der Waals surface area contributed by atoms with Gasteiger partial charge in [0.2, 0.25) is 12.7 Å². The van der Waals surface area contributed by atoms with E-state index in [0.29, 0.717) is 13.1 Å². The summed E-state index contributed by atoms with van der Waals surface area (Å²) in [7, 11) is 1.21. The van der Waals surface area contributed by atoms with Crippen LogP contribution in [-0.4, -0.2) is 66.9 Å². The molecule has 2 aromatic carbocycles. The third kappa shape index (κ3) is 6.53. The fourth-order valence-electron chi connectivity index (χ4n) is 4.85. The Labute approximate surface area is 241 Å². The number of ether oxygens (including phenoxy) is 3. The monoisotopic (exact) mass is 553 g/mol. The number of unbranched alkanes of at least 4 members (excludes halogenated alkanes) is 2. The van der Waals surface area contributed by atoms with Crippen LogP contribution in [0.1, 0.15) is 72.2 Å². The quantitative estimate of drug-likeness (QED) is 0.390. The first-order valence-corrected chi connectivity index (χ1v) is 12.7. The average molecular weight is 554 g/mol. The molecule has 1 N–H and O–H groups in total. The van der Waals surface area contributed by atoms with Gasteiger partial charge in [-0.2, -0.15) is 0 Å². The molecule has 2 aliphatic rings. The summed E-state index contributed by atoms with van der Waals surface area (Å²) >= 11 is 0. The third-order valence-corrected chi connectivity index (χ3v) is 6.80. The Balaban J connectivity index is 0.00000552. The lowest BCUT2D eigenvalue weighted by atomic mass is 9.82. The summed E-state index contributed by atoms with van der Waals surface area (Å²) in [5.74, 6) is -4.74. The van der Waals surface area contributed by atoms with Gasteiger partial charge in [0.15, 0.2) is 11.5 Å². The molecule has 2 heterocycles. The van der Waals surface area contributed by atoms with Crippen LogP contribution >= 0.6 is 12.4 Å². The Morgan fingerprint density at radius 3 is 2.29 bits per heavy atom. The molecule has 38 heavy (non-hydrogen) atoms. The molecule has 9 heteroatoms. The molecular formula is C29H39ClN2O6. The van der Waals surface area contributed by atoms with Crippen LogP contribution in [0.4, 0.5) is 0 Å². The van der Waals surface area contributed by atoms with Crippen molar-refractivity contribution in [1.82, 2.24) is 9.80 Å². The van der Waals surface area contributed by atoms with Gasteiger partial charge in [0.05, 0.1) is 29.2 Å². The Morgan fingerprint density at radius 1 is 1.05 bits per heavy atom. The van der Waals surface area contributed by atoms with Crippen LogP contribution in [-0.2, 0) is 9.59 Å². The molecule has 4 rings (SSSR count). The van der Waals surface area contributed by atoms with Crippen LogP contribution in [0.15, 0.2) is 42.3 Å². The maximum absolute atomic E-state index is 13.8. The van der Waals surface area contributed by atoms with Gasteiger partial charge < -0.3 is 24.2 Å². The summed E-state index contributed by atoms with van der Waals surface area (Å²) in [6, 6.07) is -4.41. The van der Waals surface area contributed by atoms with E-state index < -0.39 is 54.1 Å². The maximum Gasteiger partial charge on any atom is 0.309 e. The lowest BCUT2D eigenvalue weighted by molar-refractivity contribution is -0.144. The summed E-state index contributed by atoms with van der Waals surface area (Å²) in [6.07, 6.45) is 3.25. The number of hydrogen-bond acceptors (Lipinski definition) is 6. The van der Waals surface area contributed by atoms with Crippen molar-refractivity contribution in [2.24, 2.45) is 5.92 Å². The van der Waals surface area contributed by atoms with E-state index in [1.54, 1.807) is 4.90 Å². The molecule has 1 fully saturated rings. The van der Waals surface area contributed by atoms with Crippen LogP contribution in [0.25, 0.3) is 0 Å². The summed E-state index contributed by atoms with van der Waals surface area (Å²) < 4.78 is 76.3. The van der Waals surface area contributed by atoms with Crippen molar-refractivity contribution >= 4 is 24.3 Å². The second-order valence-electron chi connectivity index (χ2n) is 9.23. The van der Waals surface area contributed by atoms with E-state index in [2.05, 4.69) is 0 Å². The van der Waals surface area contributed by atoms with Gasteiger partial charge in [0.1, 0.15) is 5.75 Å². The molecule has 2 aromatic rings. The first-order chi connectivity index (χ1) is 20.9. The van der Waals surface area contributed by atoms with E-state index in [-0.39, 0.29) is 78.7 Å². The largest absolute Gasteiger partial charge is 0.497 e. The topological polar surface area (TPSA) is 88.5 Å². The molecule has 1 saturated heterocycles. The molecule has 0 aromatic heterocycles. The Hall–Kier alpha value is -2.97. The molecule has 1 unspecified atom stereocenters. The standard InChI is InChI=1S/C29H38N2O6.ClH/c1-4-6-14-30(15-7-5-2)26(32)18-31-17-23(21-10-13-24-25(16-21)37-19-36-24)27(29(33)34)28(31)20-8-11-22(35-3)12-9-20;/h8-13,16,23,27-28H,4-7,14-15,17-19H2,1-3H3,(H,33,34);1H/t23-,27?,28+;/m1./s1/i8D,9D,10D,11D,12D,13D,16D;. The normalized spacial score (nSPS) is 22.7. The minimum Gasteiger partial charge on any atom is -0.497 e. The third-order valence-electron chi connectivity index (χ3n) is 6.80. The van der Waals surface area contributed by atoms with E-state index in [1.165, 1.54) is 12.0 Å². The number of methoxy groups -OCH3 is 1. The average Bonchev–Trinajstić information content (AvgIpc) is 3.62. The van der Waals surface area contributed by atoms with Crippen LogP contribution in [0.3, 0.4) is 0 Å². The number of carboxylic acid groups (broad SMARTS) is 1. The Bertz CT molecular complexity index is 1410. The van der Waals surface area contributed by atoms with Crippen molar-refractivity contribution in [3.05, 3.63) is 53.4 Å². The molecule has 0 radical (unpaired) electrons. The molecule has 0 spiro atoms. The first-order valence-electron chi connectivity index (χ1n) is 16.2. The summed E-state index contributed by atoms with van der Waals surface area (Å²) in [6.45, 7) is 4.31. The van der Waals surface area contributed by atoms with Gasteiger partial charge in [-0.05, 0) is 48.1 Å². The number of carboxylic acids is 1. The molecule has 2 aliphatic heterocycles. The number of hydrogen-bond donors (Lipinski definition) is 1. The first kappa shape index (κ1) is 20.9. The SMILES string of the molecule is Cl.[2H]c1c([2H])c([C@H]2C(C(=O)O)[C@@H](c3c([2H])c([2H])c4c(c3[2H])OCO4)CN2CC(=O)N(CCCC)CCCC)c([2H])c([2H])c1OC. The predicted octanol–water partition coefficient (Wildman–Crippen LogP) is 5.12. The van der Waals surface area contributed by atoms with E-state index in [9.17, 15) is 14.7 Å². The van der Waals surface area contributed by atoms with E-state index >= 15 is 0 Å². The highest BCUT2D eigenvalue weighted by Gasteiger charge is 2.48. The number of carbonyl (C=O) groups is 2. The maximum atomic E-state index is 13.8. The van der Waals surface area contributed by atoms with Crippen molar-refractivity contribution in [3.63, 3.8) is 0 Å². The number of aliphatic carboxylic acids is 1. The lowest BCUT2D eigenvalue weighted by Crippen LogP contribution is -2.42. The van der Waals surface area contributed by atoms with Crippen LogP contribution in [0.5, 0.6) is 17.2 Å². The van der Waals surface area contributed by atoms with Crippen LogP contribution in [0.2, 0.25) is 0 Å². The number of benzene rings is 2. The number of likely N-dealkylation sites (tertiary alicyclic amines) is 1. The van der Waals surface area contributed by atoms with E-state index in [1.807, 2.05) is 13.8 Å². The molecule has 0 bridgehead atoms. The van der Waals surface area contributed by atoms with Gasteiger partial charge in [0, 0.05) is 31.6 Å².